The monoisotopic (exact) mass is 229 g/mol. The second-order valence-corrected chi connectivity index (χ2v) is 3.50. The summed E-state index contributed by atoms with van der Waals surface area (Å²) in [5.74, 6) is 0. The maximum Gasteiger partial charge on any atom is 0.316 e. The quantitative estimate of drug-likeness (QED) is 0.807. The van der Waals surface area contributed by atoms with Gasteiger partial charge in [0.05, 0.1) is 4.47 Å². The molecule has 5 heteroatoms. The average molecular weight is 230 g/mol. The number of nitrogens with one attached hydrogen (secondary N) is 1. The Morgan fingerprint density at radius 2 is 2.08 bits per heavy atom. The van der Waals surface area contributed by atoms with E-state index in [2.05, 4.69) is 31.2 Å². The Bertz CT molecular complexity index is 260. The number of ether oxygens (including phenoxy) is 1. The van der Waals surface area contributed by atoms with Gasteiger partial charge in [-0.3, -0.25) is 0 Å². The second-order valence-electron chi connectivity index (χ2n) is 2.58. The van der Waals surface area contributed by atoms with Crippen LogP contribution < -0.4 is 10.1 Å². The molecular weight excluding hydrogens is 222 g/mol. The van der Waals surface area contributed by atoms with Crippen LogP contribution in [0.15, 0.2) is 16.9 Å². The zero-order valence-corrected chi connectivity index (χ0v) is 7.91. The fourth-order valence-electron chi connectivity index (χ4n) is 0.856. The molecule has 1 aromatic heterocycles. The third-order valence-electron chi connectivity index (χ3n) is 1.61. The van der Waals surface area contributed by atoms with E-state index in [4.69, 9.17) is 4.74 Å². The lowest BCUT2D eigenvalue weighted by atomic mass is 10.2. The molecule has 1 aliphatic rings. The van der Waals surface area contributed by atoms with E-state index >= 15 is 0 Å². The van der Waals surface area contributed by atoms with Crippen molar-refractivity contribution in [3.05, 3.63) is 16.9 Å². The van der Waals surface area contributed by atoms with E-state index in [0.717, 1.165) is 17.6 Å². The molecule has 0 radical (unpaired) electrons. The van der Waals surface area contributed by atoms with Gasteiger partial charge in [-0.25, -0.2) is 9.97 Å². The van der Waals surface area contributed by atoms with Gasteiger partial charge in [0.2, 0.25) is 0 Å². The van der Waals surface area contributed by atoms with Crippen molar-refractivity contribution in [2.75, 3.05) is 13.1 Å². The largest absolute Gasteiger partial charge is 0.457 e. The molecule has 0 saturated carbocycles. The summed E-state index contributed by atoms with van der Waals surface area (Å²) in [5.41, 5.74) is 0. The average Bonchev–Trinajstić information content (AvgIpc) is 2.00. The van der Waals surface area contributed by atoms with Crippen molar-refractivity contribution in [2.45, 2.75) is 6.10 Å². The van der Waals surface area contributed by atoms with E-state index < -0.39 is 0 Å². The van der Waals surface area contributed by atoms with Gasteiger partial charge >= 0.3 is 6.01 Å². The minimum absolute atomic E-state index is 0.242. The van der Waals surface area contributed by atoms with E-state index in [1.165, 1.54) is 0 Å². The van der Waals surface area contributed by atoms with Gasteiger partial charge in [-0.2, -0.15) is 0 Å². The second kappa shape index (κ2) is 3.37. The van der Waals surface area contributed by atoms with Crippen LogP contribution in [0.5, 0.6) is 6.01 Å². The van der Waals surface area contributed by atoms with Crippen LogP contribution in [-0.2, 0) is 0 Å². The predicted octanol–water partition coefficient (Wildman–Crippen LogP) is 0.590. The standard InChI is InChI=1S/C7H8BrN3O/c8-5-1-10-7(11-2-5)12-6-3-9-4-6/h1-2,6,9H,3-4H2. The number of halogens is 1. The number of aromatic nitrogens is 2. The van der Waals surface area contributed by atoms with E-state index in [1.807, 2.05) is 0 Å². The number of hydrogen-bond donors (Lipinski definition) is 1. The summed E-state index contributed by atoms with van der Waals surface area (Å²) >= 11 is 3.25. The van der Waals surface area contributed by atoms with Gasteiger partial charge in [-0.05, 0) is 15.9 Å². The van der Waals surface area contributed by atoms with Gasteiger partial charge in [-0.1, -0.05) is 0 Å². The van der Waals surface area contributed by atoms with Crippen LogP contribution in [0.4, 0.5) is 0 Å². The summed E-state index contributed by atoms with van der Waals surface area (Å²) in [7, 11) is 0. The number of hydrogen-bond acceptors (Lipinski definition) is 4. The molecule has 0 spiro atoms. The Hall–Kier alpha value is -0.680. The summed E-state index contributed by atoms with van der Waals surface area (Å²) < 4.78 is 6.26. The fraction of sp³-hybridized carbons (Fsp3) is 0.429. The third kappa shape index (κ3) is 1.73. The highest BCUT2D eigenvalue weighted by atomic mass is 79.9. The Labute approximate surface area is 78.5 Å². The van der Waals surface area contributed by atoms with E-state index in [1.54, 1.807) is 12.4 Å². The third-order valence-corrected chi connectivity index (χ3v) is 2.02. The summed E-state index contributed by atoms with van der Waals surface area (Å²) in [5, 5.41) is 3.10. The van der Waals surface area contributed by atoms with Crippen molar-refractivity contribution >= 4 is 15.9 Å². The topological polar surface area (TPSA) is 47.0 Å². The van der Waals surface area contributed by atoms with Crippen molar-refractivity contribution in [3.8, 4) is 6.01 Å². The van der Waals surface area contributed by atoms with Gasteiger partial charge in [-0.15, -0.1) is 0 Å². The van der Waals surface area contributed by atoms with E-state index in [0.29, 0.717) is 6.01 Å². The van der Waals surface area contributed by atoms with Gasteiger partial charge in [0.25, 0.3) is 0 Å². The van der Waals surface area contributed by atoms with Crippen molar-refractivity contribution in [2.24, 2.45) is 0 Å². The number of rotatable bonds is 2. The molecule has 4 nitrogen and oxygen atoms in total. The van der Waals surface area contributed by atoms with E-state index in [-0.39, 0.29) is 6.10 Å². The van der Waals surface area contributed by atoms with Crippen molar-refractivity contribution in [1.29, 1.82) is 0 Å². The first kappa shape index (κ1) is 7.94. The molecule has 0 aliphatic carbocycles. The van der Waals surface area contributed by atoms with Crippen LogP contribution >= 0.6 is 15.9 Å². The smallest absolute Gasteiger partial charge is 0.316 e. The van der Waals surface area contributed by atoms with Crippen LogP contribution in [-0.4, -0.2) is 29.2 Å². The SMILES string of the molecule is Brc1cnc(OC2CNC2)nc1. The van der Waals surface area contributed by atoms with Crippen molar-refractivity contribution < 1.29 is 4.74 Å². The van der Waals surface area contributed by atoms with Crippen LogP contribution in [0.25, 0.3) is 0 Å². The number of nitrogens with zero attached hydrogens (tertiary/aromatic N) is 2. The van der Waals surface area contributed by atoms with Crippen LogP contribution in [0.1, 0.15) is 0 Å². The van der Waals surface area contributed by atoms with Crippen molar-refractivity contribution in [3.63, 3.8) is 0 Å². The first-order chi connectivity index (χ1) is 5.84. The first-order valence-electron chi connectivity index (χ1n) is 3.69. The minimum atomic E-state index is 0.242. The summed E-state index contributed by atoms with van der Waals surface area (Å²) in [6.07, 6.45) is 3.59. The molecule has 0 amide bonds. The van der Waals surface area contributed by atoms with Gasteiger partial charge in [0.15, 0.2) is 0 Å². The van der Waals surface area contributed by atoms with Gasteiger partial charge in [0.1, 0.15) is 6.10 Å². The highest BCUT2D eigenvalue weighted by Gasteiger charge is 2.18. The molecule has 1 fully saturated rings. The summed E-state index contributed by atoms with van der Waals surface area (Å²) in [4.78, 5) is 7.98. The Kier molecular flexibility index (Phi) is 2.23. The molecule has 0 atom stereocenters. The summed E-state index contributed by atoms with van der Waals surface area (Å²) in [6.45, 7) is 1.78. The molecule has 0 aromatic carbocycles. The van der Waals surface area contributed by atoms with Crippen LogP contribution in [0.3, 0.4) is 0 Å². The lowest BCUT2D eigenvalue weighted by Crippen LogP contribution is -2.50. The molecular formula is C7H8BrN3O. The Balaban J connectivity index is 1.98. The molecule has 1 N–H and O–H groups in total. The van der Waals surface area contributed by atoms with E-state index in [9.17, 15) is 0 Å². The molecule has 2 rings (SSSR count). The molecule has 2 heterocycles. The molecule has 12 heavy (non-hydrogen) atoms. The Morgan fingerprint density at radius 3 is 2.58 bits per heavy atom. The molecule has 64 valence electrons. The van der Waals surface area contributed by atoms with Gasteiger partial charge < -0.3 is 10.1 Å². The molecule has 1 saturated heterocycles. The lowest BCUT2D eigenvalue weighted by Gasteiger charge is -2.26. The maximum atomic E-state index is 5.40. The fourth-order valence-corrected chi connectivity index (χ4v) is 1.06. The normalized spacial score (nSPS) is 17.1. The Morgan fingerprint density at radius 1 is 1.42 bits per heavy atom. The maximum absolute atomic E-state index is 5.40. The molecule has 1 aliphatic heterocycles. The lowest BCUT2D eigenvalue weighted by molar-refractivity contribution is 0.129. The van der Waals surface area contributed by atoms with Crippen molar-refractivity contribution in [1.82, 2.24) is 15.3 Å². The molecule has 1 aromatic rings. The molecule has 0 unspecified atom stereocenters. The first-order valence-corrected chi connectivity index (χ1v) is 4.49. The highest BCUT2D eigenvalue weighted by Crippen LogP contribution is 2.10. The summed E-state index contributed by atoms with van der Waals surface area (Å²) in [6, 6.07) is 0.449. The highest BCUT2D eigenvalue weighted by molar-refractivity contribution is 9.10. The van der Waals surface area contributed by atoms with Crippen LogP contribution in [0, 0.1) is 0 Å². The zero-order valence-electron chi connectivity index (χ0n) is 6.33. The zero-order chi connectivity index (χ0) is 8.39. The van der Waals surface area contributed by atoms with Gasteiger partial charge in [0, 0.05) is 25.5 Å². The molecule has 0 bridgehead atoms. The van der Waals surface area contributed by atoms with Crippen LogP contribution in [0.2, 0.25) is 0 Å². The predicted molar refractivity (Wildman–Crippen MR) is 47.0 cm³/mol. The minimum Gasteiger partial charge on any atom is -0.457 e.